The molecule has 0 aliphatic carbocycles. The van der Waals surface area contributed by atoms with Gasteiger partial charge in [0.05, 0.1) is 16.8 Å². The maximum atomic E-state index is 13.2. The maximum Gasteiger partial charge on any atom is 0.270 e. The summed E-state index contributed by atoms with van der Waals surface area (Å²) in [4.78, 5) is 53.7. The summed E-state index contributed by atoms with van der Waals surface area (Å²) in [5.74, 6) is -1.84. The van der Waals surface area contributed by atoms with E-state index in [-0.39, 0.29) is 17.4 Å². The van der Waals surface area contributed by atoms with Gasteiger partial charge in [0.2, 0.25) is 11.8 Å². The summed E-state index contributed by atoms with van der Waals surface area (Å²) in [6.45, 7) is 4.65. The summed E-state index contributed by atoms with van der Waals surface area (Å²) in [7, 11) is 0. The van der Waals surface area contributed by atoms with Crippen molar-refractivity contribution in [1.82, 2.24) is 15.8 Å². The molecule has 0 aliphatic heterocycles. The molecule has 0 saturated carbocycles. The van der Waals surface area contributed by atoms with Crippen LogP contribution >= 0.6 is 0 Å². The summed E-state index contributed by atoms with van der Waals surface area (Å²) in [5, 5.41) is 5.80. The SMILES string of the molecule is CC(=O)Nc1cc(NC(C)=O)cc(C(=O)NNC(=O)c2cc(-c3ccc(C)cc3)nc3ccccc23)c1. The normalized spacial score (nSPS) is 10.5. The van der Waals surface area contributed by atoms with Crippen molar-refractivity contribution in [3.05, 3.63) is 89.5 Å². The molecule has 1 heterocycles. The monoisotopic (exact) mass is 495 g/mol. The van der Waals surface area contributed by atoms with Gasteiger partial charge >= 0.3 is 0 Å². The summed E-state index contributed by atoms with van der Waals surface area (Å²) < 4.78 is 0. The number of rotatable bonds is 5. The van der Waals surface area contributed by atoms with Gasteiger partial charge < -0.3 is 10.6 Å². The third-order valence-electron chi connectivity index (χ3n) is 5.43. The molecule has 3 aromatic carbocycles. The van der Waals surface area contributed by atoms with Gasteiger partial charge in [0.15, 0.2) is 0 Å². The quantitative estimate of drug-likeness (QED) is 0.308. The van der Waals surface area contributed by atoms with Crippen molar-refractivity contribution < 1.29 is 19.2 Å². The van der Waals surface area contributed by atoms with E-state index in [0.717, 1.165) is 11.1 Å². The Morgan fingerprint density at radius 3 is 1.92 bits per heavy atom. The van der Waals surface area contributed by atoms with Crippen LogP contribution in [-0.4, -0.2) is 28.6 Å². The molecule has 0 aliphatic rings. The number of aryl methyl sites for hydroxylation is 1. The smallest absolute Gasteiger partial charge is 0.270 e. The summed E-state index contributed by atoms with van der Waals surface area (Å²) >= 11 is 0. The maximum absolute atomic E-state index is 13.2. The van der Waals surface area contributed by atoms with Crippen LogP contribution < -0.4 is 21.5 Å². The van der Waals surface area contributed by atoms with Crippen LogP contribution in [0.3, 0.4) is 0 Å². The van der Waals surface area contributed by atoms with Crippen molar-refractivity contribution in [3.8, 4) is 11.3 Å². The van der Waals surface area contributed by atoms with E-state index in [9.17, 15) is 19.2 Å². The number of carbonyl (C=O) groups is 4. The predicted molar refractivity (Wildman–Crippen MR) is 142 cm³/mol. The van der Waals surface area contributed by atoms with Crippen LogP contribution in [0.15, 0.2) is 72.8 Å². The molecule has 37 heavy (non-hydrogen) atoms. The molecule has 1 aromatic heterocycles. The van der Waals surface area contributed by atoms with Gasteiger partial charge in [0, 0.05) is 41.7 Å². The van der Waals surface area contributed by atoms with E-state index in [1.165, 1.54) is 32.0 Å². The second kappa shape index (κ2) is 10.7. The Labute approximate surface area is 213 Å². The van der Waals surface area contributed by atoms with E-state index in [4.69, 9.17) is 4.98 Å². The highest BCUT2D eigenvalue weighted by Gasteiger charge is 2.16. The standard InChI is InChI=1S/C28H25N5O4/c1-16-8-10-19(11-9-16)26-15-24(23-6-4-5-7-25(23)31-26)28(37)33-32-27(36)20-12-21(29-17(2)34)14-22(13-20)30-18(3)35/h4-15H,1-3H3,(H,29,34)(H,30,35)(H,32,36)(H,33,37). The molecule has 9 heteroatoms. The van der Waals surface area contributed by atoms with Crippen LogP contribution in [0.1, 0.15) is 40.1 Å². The largest absolute Gasteiger partial charge is 0.326 e. The molecule has 0 unspecified atom stereocenters. The Morgan fingerprint density at radius 1 is 0.703 bits per heavy atom. The number of carbonyl (C=O) groups excluding carboxylic acids is 4. The lowest BCUT2D eigenvalue weighted by atomic mass is 10.0. The summed E-state index contributed by atoms with van der Waals surface area (Å²) in [6.07, 6.45) is 0. The molecule has 4 rings (SSSR count). The van der Waals surface area contributed by atoms with E-state index in [1.54, 1.807) is 12.1 Å². The number of para-hydroxylation sites is 1. The van der Waals surface area contributed by atoms with E-state index < -0.39 is 11.8 Å². The molecule has 186 valence electrons. The fourth-order valence-electron chi connectivity index (χ4n) is 3.80. The molecular formula is C28H25N5O4. The first-order valence-corrected chi connectivity index (χ1v) is 11.5. The Hall–Kier alpha value is -5.05. The Balaban J connectivity index is 1.60. The second-order valence-electron chi connectivity index (χ2n) is 8.51. The second-order valence-corrected chi connectivity index (χ2v) is 8.51. The zero-order valence-electron chi connectivity index (χ0n) is 20.5. The van der Waals surface area contributed by atoms with Crippen molar-refractivity contribution in [1.29, 1.82) is 0 Å². The first-order valence-electron chi connectivity index (χ1n) is 11.5. The molecule has 0 spiro atoms. The van der Waals surface area contributed by atoms with Crippen molar-refractivity contribution in [2.45, 2.75) is 20.8 Å². The van der Waals surface area contributed by atoms with Crippen molar-refractivity contribution >= 4 is 45.9 Å². The zero-order chi connectivity index (χ0) is 26.5. The third-order valence-corrected chi connectivity index (χ3v) is 5.43. The molecule has 4 amide bonds. The molecule has 0 saturated heterocycles. The molecule has 0 atom stereocenters. The van der Waals surface area contributed by atoms with Gasteiger partial charge in [-0.1, -0.05) is 48.0 Å². The van der Waals surface area contributed by atoms with E-state index in [1.807, 2.05) is 49.4 Å². The molecule has 0 bridgehead atoms. The summed E-state index contributed by atoms with van der Waals surface area (Å²) in [6, 6.07) is 21.1. The average Bonchev–Trinajstić information content (AvgIpc) is 2.86. The molecule has 0 fully saturated rings. The highest BCUT2D eigenvalue weighted by Crippen LogP contribution is 2.25. The number of amides is 4. The van der Waals surface area contributed by atoms with Gasteiger partial charge in [-0.2, -0.15) is 0 Å². The van der Waals surface area contributed by atoms with Gasteiger partial charge in [-0.05, 0) is 37.3 Å². The number of benzene rings is 3. The fourth-order valence-corrected chi connectivity index (χ4v) is 3.80. The zero-order valence-corrected chi connectivity index (χ0v) is 20.5. The van der Waals surface area contributed by atoms with Crippen LogP contribution in [-0.2, 0) is 9.59 Å². The predicted octanol–water partition coefficient (Wildman–Crippen LogP) is 4.20. The van der Waals surface area contributed by atoms with E-state index in [0.29, 0.717) is 33.5 Å². The lowest BCUT2D eigenvalue weighted by Crippen LogP contribution is -2.41. The average molecular weight is 496 g/mol. The third kappa shape index (κ3) is 6.15. The lowest BCUT2D eigenvalue weighted by Gasteiger charge is -2.13. The number of nitrogens with zero attached hydrogens (tertiary/aromatic N) is 1. The number of aromatic nitrogens is 1. The number of nitrogens with one attached hydrogen (secondary N) is 4. The number of fused-ring (bicyclic) bond motifs is 1. The fraction of sp³-hybridized carbons (Fsp3) is 0.107. The van der Waals surface area contributed by atoms with Gasteiger partial charge in [-0.25, -0.2) is 4.98 Å². The lowest BCUT2D eigenvalue weighted by molar-refractivity contribution is -0.115. The highest BCUT2D eigenvalue weighted by molar-refractivity contribution is 6.08. The molecular weight excluding hydrogens is 470 g/mol. The number of hydrogen-bond acceptors (Lipinski definition) is 5. The van der Waals surface area contributed by atoms with Crippen LogP contribution in [0.25, 0.3) is 22.2 Å². The number of hydrogen-bond donors (Lipinski definition) is 4. The van der Waals surface area contributed by atoms with Gasteiger partial charge in [-0.3, -0.25) is 30.0 Å². The summed E-state index contributed by atoms with van der Waals surface area (Å²) in [5.41, 5.74) is 9.18. The van der Waals surface area contributed by atoms with Gasteiger partial charge in [-0.15, -0.1) is 0 Å². The minimum Gasteiger partial charge on any atom is -0.326 e. The number of hydrazine groups is 1. The van der Waals surface area contributed by atoms with Gasteiger partial charge in [0.1, 0.15) is 0 Å². The minimum absolute atomic E-state index is 0.121. The Bertz CT molecular complexity index is 1500. The van der Waals surface area contributed by atoms with Crippen LogP contribution in [0.4, 0.5) is 11.4 Å². The topological polar surface area (TPSA) is 129 Å². The highest BCUT2D eigenvalue weighted by atomic mass is 16.2. The molecule has 4 N–H and O–H groups in total. The van der Waals surface area contributed by atoms with E-state index >= 15 is 0 Å². The first-order chi connectivity index (χ1) is 17.7. The Kier molecular flexibility index (Phi) is 7.24. The first kappa shape index (κ1) is 25.1. The molecule has 9 nitrogen and oxygen atoms in total. The van der Waals surface area contributed by atoms with Crippen molar-refractivity contribution in [2.24, 2.45) is 0 Å². The minimum atomic E-state index is -0.635. The molecule has 0 radical (unpaired) electrons. The van der Waals surface area contributed by atoms with Crippen LogP contribution in [0, 0.1) is 6.92 Å². The number of pyridine rings is 1. The van der Waals surface area contributed by atoms with Crippen molar-refractivity contribution in [2.75, 3.05) is 10.6 Å². The van der Waals surface area contributed by atoms with Gasteiger partial charge in [0.25, 0.3) is 11.8 Å². The Morgan fingerprint density at radius 2 is 1.30 bits per heavy atom. The van der Waals surface area contributed by atoms with Crippen LogP contribution in [0.5, 0.6) is 0 Å². The molecule has 4 aromatic rings. The number of anilines is 2. The van der Waals surface area contributed by atoms with Crippen molar-refractivity contribution in [3.63, 3.8) is 0 Å². The van der Waals surface area contributed by atoms with E-state index in [2.05, 4.69) is 21.5 Å². The van der Waals surface area contributed by atoms with Crippen LogP contribution in [0.2, 0.25) is 0 Å².